The first kappa shape index (κ1) is 24.7. The molecule has 0 aliphatic rings. The number of nitrogens with one attached hydrogen (secondary N) is 1. The lowest BCUT2D eigenvalue weighted by molar-refractivity contribution is -0.173. The zero-order valence-electron chi connectivity index (χ0n) is 17.9. The van der Waals surface area contributed by atoms with Gasteiger partial charge in [-0.3, -0.25) is 0 Å². The molecule has 0 aliphatic carbocycles. The molecule has 0 spiro atoms. The number of carbonyl (C=O) groups excluding carboxylic acids is 1. The maximum absolute atomic E-state index is 14.5. The van der Waals surface area contributed by atoms with Crippen LogP contribution in [0.5, 0.6) is 6.01 Å². The average molecular weight is 496 g/mol. The molecule has 3 rings (SSSR count). The van der Waals surface area contributed by atoms with E-state index >= 15 is 0 Å². The number of methoxy groups -OCH3 is 1. The summed E-state index contributed by atoms with van der Waals surface area (Å²) in [7, 11) is 1.40. The molecule has 0 saturated heterocycles. The van der Waals surface area contributed by atoms with Crippen molar-refractivity contribution in [3.63, 3.8) is 0 Å². The van der Waals surface area contributed by atoms with Gasteiger partial charge in [-0.15, -0.1) is 0 Å². The molecule has 0 radical (unpaired) electrons. The van der Waals surface area contributed by atoms with Gasteiger partial charge in [0.05, 0.1) is 19.4 Å². The van der Waals surface area contributed by atoms with E-state index in [0.29, 0.717) is 40.1 Å². The van der Waals surface area contributed by atoms with Gasteiger partial charge in [-0.05, 0) is 37.1 Å². The molecule has 1 aromatic heterocycles. The molecular formula is C23H21Cl2F2N3O3. The van der Waals surface area contributed by atoms with Crippen molar-refractivity contribution in [2.45, 2.75) is 19.3 Å². The van der Waals surface area contributed by atoms with Crippen LogP contribution < -0.4 is 10.1 Å². The Kier molecular flexibility index (Phi) is 8.05. The average Bonchev–Trinajstić information content (AvgIpc) is 2.80. The van der Waals surface area contributed by atoms with E-state index in [-0.39, 0.29) is 12.6 Å². The summed E-state index contributed by atoms with van der Waals surface area (Å²) in [6, 6.07) is 12.3. The third kappa shape index (κ3) is 6.09. The summed E-state index contributed by atoms with van der Waals surface area (Å²) >= 11 is 12.1. The minimum Gasteiger partial charge on any atom is -0.467 e. The van der Waals surface area contributed by atoms with Gasteiger partial charge in [0.15, 0.2) is 0 Å². The highest BCUT2D eigenvalue weighted by Gasteiger charge is 2.42. The minimum atomic E-state index is -3.79. The fourth-order valence-electron chi connectivity index (χ4n) is 3.02. The fourth-order valence-corrected chi connectivity index (χ4v) is 3.52. The molecule has 6 nitrogen and oxygen atoms in total. The van der Waals surface area contributed by atoms with Gasteiger partial charge in [-0.25, -0.2) is 4.79 Å². The summed E-state index contributed by atoms with van der Waals surface area (Å²) in [5.74, 6) is -4.96. The number of carbonyl (C=O) groups is 1. The van der Waals surface area contributed by atoms with E-state index in [1.807, 2.05) is 6.07 Å². The minimum absolute atomic E-state index is 0.0575. The van der Waals surface area contributed by atoms with Crippen LogP contribution in [0, 0.1) is 0 Å². The summed E-state index contributed by atoms with van der Waals surface area (Å²) in [6.07, 6.45) is 0.596. The first-order valence-corrected chi connectivity index (χ1v) is 10.8. The molecule has 0 bridgehead atoms. The Morgan fingerprint density at radius 2 is 1.91 bits per heavy atom. The second-order valence-corrected chi connectivity index (χ2v) is 7.76. The molecule has 0 atom stereocenters. The van der Waals surface area contributed by atoms with Crippen LogP contribution in [0.25, 0.3) is 11.3 Å². The highest BCUT2D eigenvalue weighted by molar-refractivity contribution is 6.35. The monoisotopic (exact) mass is 495 g/mol. The Balaban J connectivity index is 1.83. The smallest absolute Gasteiger partial charge is 0.381 e. The number of benzene rings is 2. The number of anilines is 1. The summed E-state index contributed by atoms with van der Waals surface area (Å²) in [4.78, 5) is 20.2. The third-order valence-electron chi connectivity index (χ3n) is 4.66. The van der Waals surface area contributed by atoms with E-state index in [0.717, 1.165) is 11.6 Å². The molecule has 1 N–H and O–H groups in total. The van der Waals surface area contributed by atoms with Crippen LogP contribution in [-0.4, -0.2) is 36.2 Å². The van der Waals surface area contributed by atoms with Gasteiger partial charge in [-0.2, -0.15) is 18.7 Å². The van der Waals surface area contributed by atoms with Gasteiger partial charge in [0.1, 0.15) is 5.82 Å². The van der Waals surface area contributed by atoms with Crippen molar-refractivity contribution in [3.05, 3.63) is 69.7 Å². The Morgan fingerprint density at radius 3 is 2.61 bits per heavy atom. The molecule has 0 amide bonds. The van der Waals surface area contributed by atoms with Crippen molar-refractivity contribution in [2.24, 2.45) is 0 Å². The fraction of sp³-hybridized carbons (Fsp3) is 0.261. The normalized spacial score (nSPS) is 11.2. The van der Waals surface area contributed by atoms with Crippen molar-refractivity contribution >= 4 is 35.0 Å². The van der Waals surface area contributed by atoms with E-state index in [2.05, 4.69) is 20.0 Å². The molecule has 0 fully saturated rings. The first-order valence-electron chi connectivity index (χ1n) is 10.0. The molecule has 10 heteroatoms. The molecule has 174 valence electrons. The van der Waals surface area contributed by atoms with E-state index < -0.39 is 17.5 Å². The Hall–Kier alpha value is -2.97. The second-order valence-electron chi connectivity index (χ2n) is 6.91. The molecule has 0 aliphatic heterocycles. The van der Waals surface area contributed by atoms with Crippen molar-refractivity contribution in [1.29, 1.82) is 0 Å². The number of ether oxygens (including phenoxy) is 2. The van der Waals surface area contributed by atoms with Gasteiger partial charge < -0.3 is 14.8 Å². The van der Waals surface area contributed by atoms with E-state index in [4.69, 9.17) is 27.9 Å². The number of hydrogen-bond donors (Lipinski definition) is 1. The summed E-state index contributed by atoms with van der Waals surface area (Å²) in [6.45, 7) is 1.81. The Bertz CT molecular complexity index is 1150. The van der Waals surface area contributed by atoms with Crippen LogP contribution in [0.3, 0.4) is 0 Å². The number of rotatable bonds is 9. The van der Waals surface area contributed by atoms with Gasteiger partial charge in [0, 0.05) is 33.8 Å². The number of alkyl halides is 2. The molecule has 1 heterocycles. The number of aromatic nitrogens is 2. The lowest BCUT2D eigenvalue weighted by atomic mass is 10.0. The van der Waals surface area contributed by atoms with Crippen LogP contribution in [0.15, 0.2) is 48.5 Å². The quantitative estimate of drug-likeness (QED) is 0.380. The molecule has 2 aromatic carbocycles. The van der Waals surface area contributed by atoms with Crippen LogP contribution in [0.2, 0.25) is 10.0 Å². The number of halogens is 4. The number of hydrogen-bond acceptors (Lipinski definition) is 6. The summed E-state index contributed by atoms with van der Waals surface area (Å²) < 4.78 is 38.6. The topological polar surface area (TPSA) is 73.3 Å². The maximum atomic E-state index is 14.5. The van der Waals surface area contributed by atoms with E-state index in [9.17, 15) is 13.6 Å². The zero-order valence-corrected chi connectivity index (χ0v) is 19.4. The van der Waals surface area contributed by atoms with Gasteiger partial charge in [-0.1, -0.05) is 47.5 Å². The number of esters is 1. The lowest BCUT2D eigenvalue weighted by Crippen LogP contribution is -2.28. The Morgan fingerprint density at radius 1 is 1.12 bits per heavy atom. The van der Waals surface area contributed by atoms with Gasteiger partial charge in [0.2, 0.25) is 0 Å². The standard InChI is InChI=1S/C23H21Cl2F2N3O3/c1-3-33-21(31)23(26,27)16-6-4-5-15(11-16)19-13-20(30-22(29-19)32-2)28-10-9-14-7-8-17(24)12-18(14)25/h4-8,11-13H,3,9-10H2,1-2H3,(H,28,29,30). The SMILES string of the molecule is CCOC(=O)C(F)(F)c1cccc(-c2cc(NCCc3ccc(Cl)cc3Cl)nc(OC)n2)c1. The first-order chi connectivity index (χ1) is 15.7. The van der Waals surface area contributed by atoms with E-state index in [1.54, 1.807) is 24.3 Å². The highest BCUT2D eigenvalue weighted by atomic mass is 35.5. The molecule has 0 unspecified atom stereocenters. The largest absolute Gasteiger partial charge is 0.467 e. The van der Waals surface area contributed by atoms with Crippen molar-refractivity contribution in [3.8, 4) is 17.3 Å². The van der Waals surface area contributed by atoms with Crippen LogP contribution in [0.4, 0.5) is 14.6 Å². The lowest BCUT2D eigenvalue weighted by Gasteiger charge is -2.16. The Labute approximate surface area is 199 Å². The molecule has 0 saturated carbocycles. The van der Waals surface area contributed by atoms with Crippen LogP contribution in [0.1, 0.15) is 18.1 Å². The molecular weight excluding hydrogens is 475 g/mol. The molecule has 3 aromatic rings. The van der Waals surface area contributed by atoms with Crippen molar-refractivity contribution in [1.82, 2.24) is 9.97 Å². The summed E-state index contributed by atoms with van der Waals surface area (Å²) in [5, 5.41) is 4.27. The third-order valence-corrected chi connectivity index (χ3v) is 5.24. The number of nitrogens with zero attached hydrogens (tertiary/aromatic N) is 2. The molecule has 33 heavy (non-hydrogen) atoms. The predicted octanol–water partition coefficient (Wildman–Crippen LogP) is 5.77. The van der Waals surface area contributed by atoms with Crippen LogP contribution in [-0.2, 0) is 21.9 Å². The maximum Gasteiger partial charge on any atom is 0.381 e. The van der Waals surface area contributed by atoms with Crippen molar-refractivity contribution in [2.75, 3.05) is 25.6 Å². The van der Waals surface area contributed by atoms with Crippen molar-refractivity contribution < 1.29 is 23.0 Å². The highest BCUT2D eigenvalue weighted by Crippen LogP contribution is 2.33. The van der Waals surface area contributed by atoms with Gasteiger partial charge in [0.25, 0.3) is 0 Å². The summed E-state index contributed by atoms with van der Waals surface area (Å²) in [5.41, 5.74) is 1.11. The van der Waals surface area contributed by atoms with E-state index in [1.165, 1.54) is 26.2 Å². The zero-order chi connectivity index (χ0) is 24.0. The predicted molar refractivity (Wildman–Crippen MR) is 123 cm³/mol. The second kappa shape index (κ2) is 10.8. The van der Waals surface area contributed by atoms with Crippen LogP contribution >= 0.6 is 23.2 Å². The van der Waals surface area contributed by atoms with Gasteiger partial charge >= 0.3 is 17.9 Å².